The van der Waals surface area contributed by atoms with Gasteiger partial charge in [0.15, 0.2) is 0 Å². The molecule has 0 N–H and O–H groups in total. The summed E-state index contributed by atoms with van der Waals surface area (Å²) in [5.74, 6) is -0.110. The average molecular weight is 599 g/mol. The third kappa shape index (κ3) is 6.42. The lowest BCUT2D eigenvalue weighted by Crippen LogP contribution is -2.54. The molecular weight excluding hydrogens is 559 g/mol. The maximum Gasteiger partial charge on any atom is 0.415 e. The quantitative estimate of drug-likeness (QED) is 0.483. The fraction of sp³-hybridized carbons (Fsp3) is 0.531. The van der Waals surface area contributed by atoms with Gasteiger partial charge >= 0.3 is 6.09 Å². The minimum absolute atomic E-state index is 0.0664. The summed E-state index contributed by atoms with van der Waals surface area (Å²) in [4.78, 5) is 46.8. The van der Waals surface area contributed by atoms with E-state index >= 15 is 0 Å². The van der Waals surface area contributed by atoms with Gasteiger partial charge in [0.1, 0.15) is 11.6 Å². The predicted octanol–water partition coefficient (Wildman–Crippen LogP) is 5.02. The molecule has 3 aliphatic heterocycles. The van der Waals surface area contributed by atoms with Gasteiger partial charge in [-0.3, -0.25) is 9.59 Å². The highest BCUT2D eigenvalue weighted by atomic mass is 35.5. The first-order valence-corrected chi connectivity index (χ1v) is 15.2. The van der Waals surface area contributed by atoms with Crippen molar-refractivity contribution in [2.24, 2.45) is 5.92 Å². The van der Waals surface area contributed by atoms with Gasteiger partial charge in [0.2, 0.25) is 11.8 Å². The minimum atomic E-state index is -0.744. The summed E-state index contributed by atoms with van der Waals surface area (Å²) in [6.07, 6.45) is 2.99. The molecule has 10 heteroatoms. The summed E-state index contributed by atoms with van der Waals surface area (Å²) in [7, 11) is 1.69. The van der Waals surface area contributed by atoms with Crippen molar-refractivity contribution >= 4 is 29.5 Å². The number of nitrogens with zero attached hydrogens (tertiary/aromatic N) is 4. The van der Waals surface area contributed by atoms with Crippen molar-refractivity contribution in [2.45, 2.75) is 57.0 Å². The summed E-state index contributed by atoms with van der Waals surface area (Å²) in [6.45, 7) is 7.81. The van der Waals surface area contributed by atoms with Gasteiger partial charge in [-0.25, -0.2) is 9.18 Å². The molecule has 3 heterocycles. The van der Waals surface area contributed by atoms with Crippen LogP contribution in [0.15, 0.2) is 48.5 Å². The predicted molar refractivity (Wildman–Crippen MR) is 159 cm³/mol. The number of carbonyl (C=O) groups is 3. The van der Waals surface area contributed by atoms with Gasteiger partial charge in [-0.2, -0.15) is 0 Å². The lowest BCUT2D eigenvalue weighted by atomic mass is 9.82. The molecule has 0 unspecified atom stereocenters. The van der Waals surface area contributed by atoms with E-state index < -0.39 is 17.4 Å². The Labute approximate surface area is 252 Å². The third-order valence-corrected chi connectivity index (χ3v) is 9.86. The number of likely N-dealkylation sites (tertiary alicyclic amines) is 3. The minimum Gasteiger partial charge on any atom is -0.410 e. The Bertz CT molecular complexity index is 1280. The molecule has 42 heavy (non-hydrogen) atoms. The van der Waals surface area contributed by atoms with Crippen molar-refractivity contribution in [3.8, 4) is 5.75 Å². The second-order valence-electron chi connectivity index (χ2n) is 12.1. The van der Waals surface area contributed by atoms with Crippen LogP contribution in [0.1, 0.15) is 51.0 Å². The summed E-state index contributed by atoms with van der Waals surface area (Å²) >= 11 is 6.18. The Hall–Kier alpha value is -3.17. The van der Waals surface area contributed by atoms with E-state index in [1.165, 1.54) is 24.3 Å². The van der Waals surface area contributed by atoms with Crippen molar-refractivity contribution in [3.63, 3.8) is 0 Å². The highest BCUT2D eigenvalue weighted by molar-refractivity contribution is 6.30. The van der Waals surface area contributed by atoms with Crippen molar-refractivity contribution in [1.29, 1.82) is 0 Å². The zero-order valence-electron chi connectivity index (χ0n) is 24.6. The van der Waals surface area contributed by atoms with E-state index in [1.807, 2.05) is 41.0 Å². The Morgan fingerprint density at radius 3 is 2.14 bits per heavy atom. The van der Waals surface area contributed by atoms with E-state index in [0.29, 0.717) is 24.2 Å². The summed E-state index contributed by atoms with van der Waals surface area (Å²) in [5.41, 5.74) is 0.247. The van der Waals surface area contributed by atoms with Gasteiger partial charge in [0, 0.05) is 63.1 Å². The first kappa shape index (κ1) is 30.3. The van der Waals surface area contributed by atoms with Gasteiger partial charge in [-0.1, -0.05) is 23.7 Å². The van der Waals surface area contributed by atoms with E-state index in [0.717, 1.165) is 57.4 Å². The second-order valence-corrected chi connectivity index (χ2v) is 12.5. The van der Waals surface area contributed by atoms with Crippen LogP contribution in [0.5, 0.6) is 5.75 Å². The summed E-state index contributed by atoms with van der Waals surface area (Å²) < 4.78 is 19.0. The maximum absolute atomic E-state index is 13.9. The number of hydrogen-bond acceptors (Lipinski definition) is 5. The molecular formula is C32H40ClFN4O4. The van der Waals surface area contributed by atoms with E-state index in [1.54, 1.807) is 18.9 Å². The molecule has 2 aromatic rings. The van der Waals surface area contributed by atoms with E-state index in [-0.39, 0.29) is 29.4 Å². The summed E-state index contributed by atoms with van der Waals surface area (Å²) in [6, 6.07) is 13.4. The molecule has 0 aromatic heterocycles. The molecule has 0 aliphatic carbocycles. The molecule has 226 valence electrons. The number of halogens is 2. The van der Waals surface area contributed by atoms with Gasteiger partial charge in [-0.15, -0.1) is 0 Å². The lowest BCUT2D eigenvalue weighted by Gasteiger charge is -2.42. The van der Waals surface area contributed by atoms with Gasteiger partial charge in [0.25, 0.3) is 0 Å². The van der Waals surface area contributed by atoms with Crippen LogP contribution in [0.25, 0.3) is 0 Å². The monoisotopic (exact) mass is 598 g/mol. The number of rotatable bonds is 5. The van der Waals surface area contributed by atoms with Crippen LogP contribution < -0.4 is 4.74 Å². The van der Waals surface area contributed by atoms with E-state index in [2.05, 4.69) is 4.90 Å². The van der Waals surface area contributed by atoms with Gasteiger partial charge in [-0.05, 0) is 87.7 Å². The molecule has 5 rings (SSSR count). The van der Waals surface area contributed by atoms with Crippen molar-refractivity contribution < 1.29 is 23.5 Å². The fourth-order valence-corrected chi connectivity index (χ4v) is 6.97. The first-order chi connectivity index (χ1) is 20.0. The van der Waals surface area contributed by atoms with Crippen LogP contribution >= 0.6 is 11.6 Å². The Morgan fingerprint density at radius 2 is 1.55 bits per heavy atom. The SMILES string of the molecule is CC(=O)N1CCC(N2CCC(C(=O)N3C[C@H](c4ccc(Cl)cc4)[C@@](C)(N(C)C(=O)Oc4ccc(F)cc4)C3)CC2)CC1. The smallest absolute Gasteiger partial charge is 0.410 e. The fourth-order valence-electron chi connectivity index (χ4n) is 6.84. The van der Waals surface area contributed by atoms with Crippen LogP contribution in [0, 0.1) is 11.7 Å². The lowest BCUT2D eigenvalue weighted by molar-refractivity contribution is -0.137. The number of carbonyl (C=O) groups excluding carboxylic acids is 3. The van der Waals surface area contributed by atoms with Crippen LogP contribution in [0.4, 0.5) is 9.18 Å². The Morgan fingerprint density at radius 1 is 0.929 bits per heavy atom. The number of benzene rings is 2. The summed E-state index contributed by atoms with van der Waals surface area (Å²) in [5, 5.41) is 0.620. The molecule has 3 fully saturated rings. The average Bonchev–Trinajstić information content (AvgIpc) is 3.36. The molecule has 0 spiro atoms. The van der Waals surface area contributed by atoms with E-state index in [9.17, 15) is 18.8 Å². The maximum atomic E-state index is 13.9. The molecule has 2 aromatic carbocycles. The highest BCUT2D eigenvalue weighted by Crippen LogP contribution is 2.41. The molecule has 8 nitrogen and oxygen atoms in total. The number of ether oxygens (including phenoxy) is 1. The molecule has 0 bridgehead atoms. The Balaban J connectivity index is 1.26. The molecule has 3 saturated heterocycles. The first-order valence-electron chi connectivity index (χ1n) is 14.8. The highest BCUT2D eigenvalue weighted by Gasteiger charge is 2.51. The third-order valence-electron chi connectivity index (χ3n) is 9.61. The van der Waals surface area contributed by atoms with Crippen LogP contribution in [0.2, 0.25) is 5.02 Å². The Kier molecular flexibility index (Phi) is 9.08. The number of amides is 3. The largest absolute Gasteiger partial charge is 0.415 e. The standard InChI is InChI=1S/C32H40ClFN4O4/c1-22(39)36-18-14-27(15-19-36)37-16-12-24(13-17-37)30(40)38-20-29(23-4-6-25(33)7-5-23)32(2,21-38)35(3)31(41)42-28-10-8-26(34)9-11-28/h4-11,24,27,29H,12-21H2,1-3H3/t29-,32+/m1/s1. The second kappa shape index (κ2) is 12.6. The van der Waals surface area contributed by atoms with Gasteiger partial charge in [0.05, 0.1) is 5.54 Å². The van der Waals surface area contributed by atoms with Crippen LogP contribution in [0.3, 0.4) is 0 Å². The zero-order chi connectivity index (χ0) is 30.0. The normalized spacial score (nSPS) is 24.1. The topological polar surface area (TPSA) is 73.4 Å². The van der Waals surface area contributed by atoms with Crippen molar-refractivity contribution in [1.82, 2.24) is 19.6 Å². The number of likely N-dealkylation sites (N-methyl/N-ethyl adjacent to an activating group) is 1. The molecule has 3 aliphatic rings. The zero-order valence-corrected chi connectivity index (χ0v) is 25.4. The molecule has 2 atom stereocenters. The van der Waals surface area contributed by atoms with Crippen molar-refractivity contribution in [3.05, 3.63) is 64.9 Å². The van der Waals surface area contributed by atoms with Gasteiger partial charge < -0.3 is 24.3 Å². The van der Waals surface area contributed by atoms with Crippen molar-refractivity contribution in [2.75, 3.05) is 46.3 Å². The van der Waals surface area contributed by atoms with E-state index in [4.69, 9.17) is 16.3 Å². The molecule has 0 radical (unpaired) electrons. The van der Waals surface area contributed by atoms with Crippen LogP contribution in [-0.2, 0) is 9.59 Å². The van der Waals surface area contributed by atoms with Crippen LogP contribution in [-0.4, -0.2) is 95.4 Å². The number of hydrogen-bond donors (Lipinski definition) is 0. The molecule has 3 amide bonds. The number of piperidine rings is 2. The molecule has 0 saturated carbocycles.